The van der Waals surface area contributed by atoms with Crippen molar-refractivity contribution in [3.63, 3.8) is 0 Å². The second-order valence-electron chi connectivity index (χ2n) is 5.95. The highest BCUT2D eigenvalue weighted by molar-refractivity contribution is 5.92. The monoisotopic (exact) mass is 344 g/mol. The van der Waals surface area contributed by atoms with Crippen molar-refractivity contribution in [1.29, 1.82) is 0 Å². The normalized spacial score (nSPS) is 19.0. The number of piperidine rings is 1. The summed E-state index contributed by atoms with van der Waals surface area (Å²) in [7, 11) is 1.66. The van der Waals surface area contributed by atoms with Gasteiger partial charge in [-0.15, -0.1) is 12.4 Å². The van der Waals surface area contributed by atoms with Crippen LogP contribution in [0.1, 0.15) is 55.6 Å². The van der Waals surface area contributed by atoms with Crippen LogP contribution in [-0.4, -0.2) is 48.5 Å². The second kappa shape index (κ2) is 10.6. The Labute approximate surface area is 144 Å². The first-order valence-electron chi connectivity index (χ1n) is 8.30. The standard InChI is InChI=1S/C16H28N4O2.ClH/c1-3-4-6-13(12-22-2)18-16(21)15-8-10-20(19-15)14-7-5-9-17-11-14;/h8,10,13-14,17H,3-7,9,11-12H2,1-2H3,(H,18,21);1H. The van der Waals surface area contributed by atoms with Gasteiger partial charge in [-0.2, -0.15) is 5.10 Å². The van der Waals surface area contributed by atoms with Gasteiger partial charge in [0.15, 0.2) is 0 Å². The predicted molar refractivity (Wildman–Crippen MR) is 93.3 cm³/mol. The van der Waals surface area contributed by atoms with Gasteiger partial charge in [0.2, 0.25) is 0 Å². The molecule has 23 heavy (non-hydrogen) atoms. The number of unbranched alkanes of at least 4 members (excludes halogenated alkanes) is 1. The lowest BCUT2D eigenvalue weighted by atomic mass is 10.1. The summed E-state index contributed by atoms with van der Waals surface area (Å²) in [5.74, 6) is -0.110. The van der Waals surface area contributed by atoms with Crippen molar-refractivity contribution in [3.05, 3.63) is 18.0 Å². The molecule has 132 valence electrons. The molecule has 2 rings (SSSR count). The molecule has 2 N–H and O–H groups in total. The first kappa shape index (κ1) is 19.9. The van der Waals surface area contributed by atoms with Gasteiger partial charge in [0.25, 0.3) is 5.91 Å². The lowest BCUT2D eigenvalue weighted by molar-refractivity contribution is 0.0884. The summed E-state index contributed by atoms with van der Waals surface area (Å²) in [6.45, 7) is 4.68. The van der Waals surface area contributed by atoms with Crippen molar-refractivity contribution in [1.82, 2.24) is 20.4 Å². The fourth-order valence-corrected chi connectivity index (χ4v) is 2.83. The smallest absolute Gasteiger partial charge is 0.272 e. The number of nitrogens with one attached hydrogen (secondary N) is 2. The highest BCUT2D eigenvalue weighted by Gasteiger charge is 2.19. The summed E-state index contributed by atoms with van der Waals surface area (Å²) in [5.41, 5.74) is 0.489. The Kier molecular flexibility index (Phi) is 9.21. The van der Waals surface area contributed by atoms with Crippen LogP contribution in [0.5, 0.6) is 0 Å². The summed E-state index contributed by atoms with van der Waals surface area (Å²) in [6.07, 6.45) is 7.29. The maximum Gasteiger partial charge on any atom is 0.272 e. The molecule has 1 aliphatic rings. The molecular weight excluding hydrogens is 316 g/mol. The molecule has 6 nitrogen and oxygen atoms in total. The molecule has 7 heteroatoms. The zero-order valence-electron chi connectivity index (χ0n) is 14.1. The average molecular weight is 345 g/mol. The van der Waals surface area contributed by atoms with Gasteiger partial charge in [-0.05, 0) is 31.9 Å². The Morgan fingerprint density at radius 2 is 2.43 bits per heavy atom. The van der Waals surface area contributed by atoms with Gasteiger partial charge in [0.05, 0.1) is 18.7 Å². The van der Waals surface area contributed by atoms with Crippen LogP contribution >= 0.6 is 12.4 Å². The van der Waals surface area contributed by atoms with Crippen molar-refractivity contribution in [2.45, 2.75) is 51.1 Å². The number of hydrogen-bond donors (Lipinski definition) is 2. The van der Waals surface area contributed by atoms with Crippen molar-refractivity contribution in [3.8, 4) is 0 Å². The van der Waals surface area contributed by atoms with Gasteiger partial charge < -0.3 is 15.4 Å². The maximum absolute atomic E-state index is 12.3. The first-order chi connectivity index (χ1) is 10.7. The van der Waals surface area contributed by atoms with E-state index in [-0.39, 0.29) is 24.4 Å². The van der Waals surface area contributed by atoms with E-state index in [1.54, 1.807) is 13.2 Å². The van der Waals surface area contributed by atoms with E-state index < -0.39 is 0 Å². The number of methoxy groups -OCH3 is 1. The zero-order valence-corrected chi connectivity index (χ0v) is 14.9. The molecule has 2 heterocycles. The third kappa shape index (κ3) is 6.12. The predicted octanol–water partition coefficient (Wildman–Crippen LogP) is 2.16. The number of ether oxygens (including phenoxy) is 1. The van der Waals surface area contributed by atoms with E-state index in [1.807, 2.05) is 10.9 Å². The molecule has 0 saturated carbocycles. The molecule has 0 aromatic carbocycles. The fraction of sp³-hybridized carbons (Fsp3) is 0.750. The number of halogens is 1. The van der Waals surface area contributed by atoms with Crippen molar-refractivity contribution >= 4 is 18.3 Å². The largest absolute Gasteiger partial charge is 0.383 e. The Hall–Kier alpha value is -1.11. The van der Waals surface area contributed by atoms with Crippen LogP contribution in [0, 0.1) is 0 Å². The van der Waals surface area contributed by atoms with E-state index in [4.69, 9.17) is 4.74 Å². The topological polar surface area (TPSA) is 68.2 Å². The van der Waals surface area contributed by atoms with E-state index >= 15 is 0 Å². The third-order valence-corrected chi connectivity index (χ3v) is 4.10. The number of carbonyl (C=O) groups excluding carboxylic acids is 1. The summed E-state index contributed by atoms with van der Waals surface area (Å²) >= 11 is 0. The van der Waals surface area contributed by atoms with Gasteiger partial charge in [0, 0.05) is 19.9 Å². The molecule has 1 aliphatic heterocycles. The van der Waals surface area contributed by atoms with Gasteiger partial charge in [0.1, 0.15) is 5.69 Å². The first-order valence-corrected chi connectivity index (χ1v) is 8.30. The number of hydrogen-bond acceptors (Lipinski definition) is 4. The minimum Gasteiger partial charge on any atom is -0.383 e. The molecule has 1 aromatic rings. The molecule has 0 radical (unpaired) electrons. The number of aromatic nitrogens is 2. The number of amides is 1. The van der Waals surface area contributed by atoms with Gasteiger partial charge in [-0.25, -0.2) is 0 Å². The molecule has 1 saturated heterocycles. The van der Waals surface area contributed by atoms with Crippen molar-refractivity contribution in [2.75, 3.05) is 26.8 Å². The molecular formula is C16H29ClN4O2. The Balaban J connectivity index is 0.00000264. The van der Waals surface area contributed by atoms with Gasteiger partial charge in [-0.1, -0.05) is 19.8 Å². The Morgan fingerprint density at radius 3 is 3.09 bits per heavy atom. The average Bonchev–Trinajstić information content (AvgIpc) is 3.04. The van der Waals surface area contributed by atoms with Crippen molar-refractivity contribution in [2.24, 2.45) is 0 Å². The fourth-order valence-electron chi connectivity index (χ4n) is 2.83. The van der Waals surface area contributed by atoms with Crippen LogP contribution in [0.2, 0.25) is 0 Å². The lowest BCUT2D eigenvalue weighted by Gasteiger charge is -2.23. The van der Waals surface area contributed by atoms with Crippen LogP contribution in [-0.2, 0) is 4.74 Å². The van der Waals surface area contributed by atoms with E-state index in [0.717, 1.165) is 45.2 Å². The van der Waals surface area contributed by atoms with Gasteiger partial charge >= 0.3 is 0 Å². The van der Waals surface area contributed by atoms with E-state index in [0.29, 0.717) is 18.3 Å². The lowest BCUT2D eigenvalue weighted by Crippen LogP contribution is -2.38. The third-order valence-electron chi connectivity index (χ3n) is 4.10. The highest BCUT2D eigenvalue weighted by atomic mass is 35.5. The Bertz CT molecular complexity index is 461. The van der Waals surface area contributed by atoms with Crippen LogP contribution in [0.15, 0.2) is 12.3 Å². The van der Waals surface area contributed by atoms with E-state index in [2.05, 4.69) is 22.7 Å². The molecule has 1 fully saturated rings. The molecule has 0 aliphatic carbocycles. The SMILES string of the molecule is CCCCC(COC)NC(=O)c1ccn(C2CCCNC2)n1.Cl. The van der Waals surface area contributed by atoms with Crippen molar-refractivity contribution < 1.29 is 9.53 Å². The summed E-state index contributed by atoms with van der Waals surface area (Å²) < 4.78 is 7.10. The van der Waals surface area contributed by atoms with E-state index in [1.165, 1.54) is 0 Å². The van der Waals surface area contributed by atoms with Crippen LogP contribution in [0.25, 0.3) is 0 Å². The molecule has 1 aromatic heterocycles. The van der Waals surface area contributed by atoms with E-state index in [9.17, 15) is 4.79 Å². The quantitative estimate of drug-likeness (QED) is 0.758. The zero-order chi connectivity index (χ0) is 15.8. The molecule has 2 atom stereocenters. The second-order valence-corrected chi connectivity index (χ2v) is 5.95. The van der Waals surface area contributed by atoms with Crippen LogP contribution < -0.4 is 10.6 Å². The van der Waals surface area contributed by atoms with Gasteiger partial charge in [-0.3, -0.25) is 9.48 Å². The number of nitrogens with zero attached hydrogens (tertiary/aromatic N) is 2. The Morgan fingerprint density at radius 1 is 1.61 bits per heavy atom. The molecule has 0 spiro atoms. The minimum atomic E-state index is -0.110. The number of rotatable bonds is 8. The summed E-state index contributed by atoms with van der Waals surface area (Å²) in [5, 5.41) is 10.8. The molecule has 1 amide bonds. The van der Waals surface area contributed by atoms with Crippen LogP contribution in [0.4, 0.5) is 0 Å². The number of carbonyl (C=O) groups is 1. The summed E-state index contributed by atoms with van der Waals surface area (Å²) in [4.78, 5) is 12.3. The van der Waals surface area contributed by atoms with Crippen LogP contribution in [0.3, 0.4) is 0 Å². The maximum atomic E-state index is 12.3. The summed E-state index contributed by atoms with van der Waals surface area (Å²) in [6, 6.07) is 2.21. The highest BCUT2D eigenvalue weighted by Crippen LogP contribution is 2.15. The minimum absolute atomic E-state index is 0. The molecule has 0 bridgehead atoms. The molecule has 2 unspecified atom stereocenters.